The van der Waals surface area contributed by atoms with Crippen LogP contribution in [0, 0.1) is 11.3 Å². The van der Waals surface area contributed by atoms with Crippen molar-refractivity contribution in [1.29, 1.82) is 5.26 Å². The third-order valence-electron chi connectivity index (χ3n) is 2.45. The maximum absolute atomic E-state index is 11.8. The smallest absolute Gasteiger partial charge is 0.407 e. The van der Waals surface area contributed by atoms with E-state index in [1.54, 1.807) is 26.8 Å². The second-order valence-electron chi connectivity index (χ2n) is 5.58. The number of nitrogens with zero attached hydrogens (tertiary/aromatic N) is 2. The van der Waals surface area contributed by atoms with Crippen molar-refractivity contribution in [2.75, 3.05) is 13.1 Å². The first-order chi connectivity index (χ1) is 10.3. The summed E-state index contributed by atoms with van der Waals surface area (Å²) >= 11 is 0. The molecule has 0 unspecified atom stereocenters. The van der Waals surface area contributed by atoms with Crippen LogP contribution in [0.5, 0.6) is 0 Å². The van der Waals surface area contributed by atoms with Crippen molar-refractivity contribution < 1.29 is 14.3 Å². The van der Waals surface area contributed by atoms with E-state index < -0.39 is 11.7 Å². The zero-order chi connectivity index (χ0) is 16.6. The fourth-order valence-electron chi connectivity index (χ4n) is 1.49. The fourth-order valence-corrected chi connectivity index (χ4v) is 1.49. The number of pyridine rings is 1. The lowest BCUT2D eigenvalue weighted by atomic mass is 10.2. The molecule has 0 aromatic carbocycles. The van der Waals surface area contributed by atoms with Gasteiger partial charge in [-0.1, -0.05) is 0 Å². The predicted molar refractivity (Wildman–Crippen MR) is 80.1 cm³/mol. The molecule has 0 aliphatic carbocycles. The number of carbonyl (C=O) groups is 2. The van der Waals surface area contributed by atoms with Crippen LogP contribution in [-0.2, 0) is 4.74 Å². The van der Waals surface area contributed by atoms with Crippen LogP contribution in [0.25, 0.3) is 0 Å². The molecule has 0 saturated heterocycles. The SMILES string of the molecule is CC(C)(C)OC(=O)NCCCNC(=O)c1ccc(C#N)nc1. The first-order valence-corrected chi connectivity index (χ1v) is 6.93. The Bertz CT molecular complexity index is 556. The number of nitrogens with one attached hydrogen (secondary N) is 2. The second kappa shape index (κ2) is 7.98. The number of ether oxygens (including phenoxy) is 1. The van der Waals surface area contributed by atoms with Gasteiger partial charge >= 0.3 is 6.09 Å². The Morgan fingerprint density at radius 2 is 1.95 bits per heavy atom. The minimum atomic E-state index is -0.527. The zero-order valence-corrected chi connectivity index (χ0v) is 13.0. The lowest BCUT2D eigenvalue weighted by Gasteiger charge is -2.19. The Balaban J connectivity index is 2.23. The van der Waals surface area contributed by atoms with Gasteiger partial charge in [-0.2, -0.15) is 5.26 Å². The minimum Gasteiger partial charge on any atom is -0.444 e. The van der Waals surface area contributed by atoms with Gasteiger partial charge in [-0.15, -0.1) is 0 Å². The molecule has 7 nitrogen and oxygen atoms in total. The average molecular weight is 304 g/mol. The molecule has 0 radical (unpaired) electrons. The topological polar surface area (TPSA) is 104 Å². The Morgan fingerprint density at radius 3 is 2.50 bits per heavy atom. The number of aromatic nitrogens is 1. The van der Waals surface area contributed by atoms with Crippen molar-refractivity contribution in [2.24, 2.45) is 0 Å². The van der Waals surface area contributed by atoms with Gasteiger partial charge in [-0.25, -0.2) is 9.78 Å². The third kappa shape index (κ3) is 6.70. The predicted octanol–water partition coefficient (Wildman–Crippen LogP) is 1.60. The second-order valence-corrected chi connectivity index (χ2v) is 5.58. The molecule has 0 atom stereocenters. The average Bonchev–Trinajstić information content (AvgIpc) is 2.45. The molecule has 22 heavy (non-hydrogen) atoms. The van der Waals surface area contributed by atoms with Crippen LogP contribution in [0.4, 0.5) is 4.79 Å². The molecule has 0 saturated carbocycles. The van der Waals surface area contributed by atoms with E-state index in [4.69, 9.17) is 10.00 Å². The van der Waals surface area contributed by atoms with E-state index in [1.807, 2.05) is 6.07 Å². The maximum Gasteiger partial charge on any atom is 0.407 e. The molecular formula is C15H20N4O3. The first-order valence-electron chi connectivity index (χ1n) is 6.93. The van der Waals surface area contributed by atoms with Gasteiger partial charge in [-0.05, 0) is 39.3 Å². The normalized spacial score (nSPS) is 10.5. The molecule has 1 aromatic heterocycles. The Morgan fingerprint density at radius 1 is 1.27 bits per heavy atom. The molecule has 0 bridgehead atoms. The Labute approximate surface area is 129 Å². The molecule has 1 rings (SSSR count). The summed E-state index contributed by atoms with van der Waals surface area (Å²) in [5.41, 5.74) is 0.123. The zero-order valence-electron chi connectivity index (χ0n) is 13.0. The molecule has 2 N–H and O–H groups in total. The highest BCUT2D eigenvalue weighted by Crippen LogP contribution is 2.06. The van der Waals surface area contributed by atoms with Crippen molar-refractivity contribution in [3.63, 3.8) is 0 Å². The standard InChI is InChI=1S/C15H20N4O3/c1-15(2,3)22-14(21)18-8-4-7-17-13(20)11-5-6-12(9-16)19-10-11/h5-6,10H,4,7-8H2,1-3H3,(H,17,20)(H,18,21). The van der Waals surface area contributed by atoms with Gasteiger partial charge in [0.1, 0.15) is 17.4 Å². The van der Waals surface area contributed by atoms with Crippen molar-refractivity contribution in [3.05, 3.63) is 29.6 Å². The summed E-state index contributed by atoms with van der Waals surface area (Å²) in [4.78, 5) is 27.0. The molecule has 7 heteroatoms. The number of nitriles is 1. The monoisotopic (exact) mass is 304 g/mol. The summed E-state index contributed by atoms with van der Waals surface area (Å²) in [6, 6.07) is 4.91. The number of hydrogen-bond donors (Lipinski definition) is 2. The molecule has 1 aromatic rings. The van der Waals surface area contributed by atoms with Gasteiger partial charge in [0.15, 0.2) is 0 Å². The van der Waals surface area contributed by atoms with Crippen molar-refractivity contribution in [1.82, 2.24) is 15.6 Å². The molecule has 118 valence electrons. The highest BCUT2D eigenvalue weighted by molar-refractivity contribution is 5.93. The molecule has 0 aliphatic rings. The van der Waals surface area contributed by atoms with Crippen LogP contribution >= 0.6 is 0 Å². The highest BCUT2D eigenvalue weighted by Gasteiger charge is 2.15. The number of hydrogen-bond acceptors (Lipinski definition) is 5. The van der Waals surface area contributed by atoms with Crippen LogP contribution in [0.15, 0.2) is 18.3 Å². The van der Waals surface area contributed by atoms with Gasteiger partial charge in [-0.3, -0.25) is 4.79 Å². The number of carbonyl (C=O) groups excluding carboxylic acids is 2. The van der Waals surface area contributed by atoms with E-state index in [9.17, 15) is 9.59 Å². The van der Waals surface area contributed by atoms with E-state index in [-0.39, 0.29) is 11.6 Å². The Kier molecular flexibility index (Phi) is 6.32. The largest absolute Gasteiger partial charge is 0.444 e. The van der Waals surface area contributed by atoms with Crippen LogP contribution in [0.2, 0.25) is 0 Å². The first kappa shape index (κ1) is 17.4. The van der Waals surface area contributed by atoms with Crippen LogP contribution in [0.1, 0.15) is 43.2 Å². The van der Waals surface area contributed by atoms with Gasteiger partial charge < -0.3 is 15.4 Å². The number of alkyl carbamates (subject to hydrolysis) is 1. The lowest BCUT2D eigenvalue weighted by molar-refractivity contribution is 0.0527. The van der Waals surface area contributed by atoms with Crippen LogP contribution in [0.3, 0.4) is 0 Å². The summed E-state index contributed by atoms with van der Waals surface area (Å²) in [6.45, 7) is 6.19. The van der Waals surface area contributed by atoms with Crippen molar-refractivity contribution >= 4 is 12.0 Å². The van der Waals surface area contributed by atoms with Gasteiger partial charge in [0.2, 0.25) is 0 Å². The molecular weight excluding hydrogens is 284 g/mol. The summed E-state index contributed by atoms with van der Waals surface area (Å²) in [7, 11) is 0. The van der Waals surface area contributed by atoms with E-state index in [1.165, 1.54) is 12.3 Å². The molecule has 1 heterocycles. The summed E-state index contributed by atoms with van der Waals surface area (Å²) < 4.78 is 5.08. The molecule has 0 fully saturated rings. The van der Waals surface area contributed by atoms with E-state index in [0.717, 1.165) is 0 Å². The van der Waals surface area contributed by atoms with Crippen LogP contribution in [-0.4, -0.2) is 35.7 Å². The highest BCUT2D eigenvalue weighted by atomic mass is 16.6. The lowest BCUT2D eigenvalue weighted by Crippen LogP contribution is -2.34. The maximum atomic E-state index is 11.8. The van der Waals surface area contributed by atoms with Gasteiger partial charge in [0.25, 0.3) is 5.91 Å². The van der Waals surface area contributed by atoms with E-state index in [2.05, 4.69) is 15.6 Å². The quantitative estimate of drug-likeness (QED) is 0.804. The van der Waals surface area contributed by atoms with Crippen molar-refractivity contribution in [2.45, 2.75) is 32.8 Å². The van der Waals surface area contributed by atoms with Crippen LogP contribution < -0.4 is 10.6 Å². The Hall–Kier alpha value is -2.62. The molecule has 0 aliphatic heterocycles. The number of amides is 2. The van der Waals surface area contributed by atoms with Gasteiger partial charge in [0.05, 0.1) is 5.56 Å². The summed E-state index contributed by atoms with van der Waals surface area (Å²) in [5.74, 6) is -0.269. The van der Waals surface area contributed by atoms with E-state index >= 15 is 0 Å². The molecule has 2 amide bonds. The minimum absolute atomic E-state index is 0.262. The third-order valence-corrected chi connectivity index (χ3v) is 2.45. The fraction of sp³-hybridized carbons (Fsp3) is 0.467. The summed E-state index contributed by atoms with van der Waals surface area (Å²) in [5, 5.41) is 13.9. The van der Waals surface area contributed by atoms with Gasteiger partial charge in [0, 0.05) is 19.3 Å². The van der Waals surface area contributed by atoms with Crippen molar-refractivity contribution in [3.8, 4) is 6.07 Å². The molecule has 0 spiro atoms. The van der Waals surface area contributed by atoms with E-state index in [0.29, 0.717) is 25.1 Å². The summed E-state index contributed by atoms with van der Waals surface area (Å²) in [6.07, 6.45) is 1.46. The number of rotatable bonds is 5.